The van der Waals surface area contributed by atoms with Crippen molar-refractivity contribution in [1.29, 1.82) is 0 Å². The minimum atomic E-state index is -1.09. The summed E-state index contributed by atoms with van der Waals surface area (Å²) < 4.78 is 10.6. The lowest BCUT2D eigenvalue weighted by Crippen LogP contribution is -2.31. The predicted octanol–water partition coefficient (Wildman–Crippen LogP) is 2.59. The Morgan fingerprint density at radius 3 is 2.52 bits per heavy atom. The van der Waals surface area contributed by atoms with E-state index in [2.05, 4.69) is 0 Å². The second-order valence-corrected chi connectivity index (χ2v) is 6.92. The van der Waals surface area contributed by atoms with Crippen molar-refractivity contribution < 1.29 is 24.2 Å². The fourth-order valence-corrected chi connectivity index (χ4v) is 3.96. The monoisotopic (exact) mass is 347 g/mol. The van der Waals surface area contributed by atoms with E-state index >= 15 is 0 Å². The van der Waals surface area contributed by atoms with Gasteiger partial charge in [-0.05, 0) is 55.7 Å². The molecule has 0 spiro atoms. The number of ether oxygens (including phenoxy) is 2. The van der Waals surface area contributed by atoms with Gasteiger partial charge in [0.1, 0.15) is 11.3 Å². The van der Waals surface area contributed by atoms with Gasteiger partial charge in [-0.3, -0.25) is 4.79 Å². The minimum Gasteiger partial charge on any atom is -0.496 e. The van der Waals surface area contributed by atoms with E-state index in [0.29, 0.717) is 17.4 Å². The molecule has 1 N–H and O–H groups in total. The molecule has 2 fully saturated rings. The number of hydrogen-bond donors (Lipinski definition) is 1. The van der Waals surface area contributed by atoms with Gasteiger partial charge in [-0.25, -0.2) is 4.79 Å². The van der Waals surface area contributed by atoms with E-state index in [0.717, 1.165) is 51.1 Å². The third-order valence-electron chi connectivity index (χ3n) is 5.45. The molecule has 6 heteroatoms. The van der Waals surface area contributed by atoms with Crippen LogP contribution in [0.3, 0.4) is 0 Å². The van der Waals surface area contributed by atoms with E-state index in [1.807, 2.05) is 11.8 Å². The van der Waals surface area contributed by atoms with Crippen molar-refractivity contribution in [3.63, 3.8) is 0 Å². The van der Waals surface area contributed by atoms with Crippen LogP contribution in [0.2, 0.25) is 0 Å². The Bertz CT molecular complexity index is 666. The number of likely N-dealkylation sites (tertiary alicyclic amines) is 1. The molecule has 6 nitrogen and oxygen atoms in total. The summed E-state index contributed by atoms with van der Waals surface area (Å²) in [6.45, 7) is 4.92. The quantitative estimate of drug-likeness (QED) is 0.906. The number of aromatic carboxylic acids is 1. The first-order chi connectivity index (χ1) is 12.0. The maximum atomic E-state index is 12.9. The summed E-state index contributed by atoms with van der Waals surface area (Å²) >= 11 is 0. The van der Waals surface area contributed by atoms with Gasteiger partial charge in [-0.15, -0.1) is 0 Å². The summed E-state index contributed by atoms with van der Waals surface area (Å²) in [6, 6.07) is 3.07. The zero-order valence-electron chi connectivity index (χ0n) is 14.8. The Kier molecular flexibility index (Phi) is 5.27. The number of carbonyl (C=O) groups is 2. The maximum Gasteiger partial charge on any atom is 0.339 e. The predicted molar refractivity (Wildman–Crippen MR) is 92.2 cm³/mol. The SMILES string of the molecule is COc1cc(C)c(C(=O)N2CCC(C3CCOCC3)C2)cc1C(=O)O. The first kappa shape index (κ1) is 17.7. The molecule has 2 aliphatic heterocycles. The second kappa shape index (κ2) is 7.44. The van der Waals surface area contributed by atoms with Gasteiger partial charge in [0.15, 0.2) is 0 Å². The summed E-state index contributed by atoms with van der Waals surface area (Å²) in [5.74, 6) is 0.246. The number of methoxy groups -OCH3 is 1. The number of carboxylic acids is 1. The number of benzene rings is 1. The van der Waals surface area contributed by atoms with E-state index in [4.69, 9.17) is 9.47 Å². The van der Waals surface area contributed by atoms with Crippen molar-refractivity contribution in [2.45, 2.75) is 26.2 Å². The summed E-state index contributed by atoms with van der Waals surface area (Å²) in [4.78, 5) is 26.2. The van der Waals surface area contributed by atoms with E-state index in [-0.39, 0.29) is 17.2 Å². The summed E-state index contributed by atoms with van der Waals surface area (Å²) in [5, 5.41) is 9.35. The first-order valence-corrected chi connectivity index (χ1v) is 8.80. The zero-order valence-corrected chi connectivity index (χ0v) is 14.8. The zero-order chi connectivity index (χ0) is 18.0. The molecule has 1 amide bonds. The number of nitrogens with zero attached hydrogens (tertiary/aromatic N) is 1. The molecule has 0 aliphatic carbocycles. The van der Waals surface area contributed by atoms with Crippen LogP contribution >= 0.6 is 0 Å². The van der Waals surface area contributed by atoms with E-state index < -0.39 is 5.97 Å². The van der Waals surface area contributed by atoms with Crippen LogP contribution in [0.1, 0.15) is 45.5 Å². The third kappa shape index (κ3) is 3.63. The summed E-state index contributed by atoms with van der Waals surface area (Å²) in [7, 11) is 1.43. The molecule has 2 heterocycles. The lowest BCUT2D eigenvalue weighted by atomic mass is 9.85. The molecule has 2 saturated heterocycles. The first-order valence-electron chi connectivity index (χ1n) is 8.80. The highest BCUT2D eigenvalue weighted by molar-refractivity contribution is 6.00. The van der Waals surface area contributed by atoms with Crippen LogP contribution in [0.5, 0.6) is 5.75 Å². The normalized spacial score (nSPS) is 21.4. The molecule has 0 saturated carbocycles. The molecule has 1 atom stereocenters. The average molecular weight is 347 g/mol. The molecule has 0 aromatic heterocycles. The van der Waals surface area contributed by atoms with E-state index in [1.54, 1.807) is 6.07 Å². The van der Waals surface area contributed by atoms with Gasteiger partial charge in [0.2, 0.25) is 0 Å². The highest BCUT2D eigenvalue weighted by Crippen LogP contribution is 2.32. The number of aryl methyl sites for hydroxylation is 1. The van der Waals surface area contributed by atoms with Crippen LogP contribution in [-0.2, 0) is 4.74 Å². The van der Waals surface area contributed by atoms with Crippen molar-refractivity contribution in [2.75, 3.05) is 33.4 Å². The summed E-state index contributed by atoms with van der Waals surface area (Å²) in [6.07, 6.45) is 3.15. The highest BCUT2D eigenvalue weighted by Gasteiger charge is 2.33. The fourth-order valence-electron chi connectivity index (χ4n) is 3.96. The van der Waals surface area contributed by atoms with Gasteiger partial charge < -0.3 is 19.5 Å². The molecule has 1 aromatic rings. The van der Waals surface area contributed by atoms with Crippen molar-refractivity contribution >= 4 is 11.9 Å². The maximum absolute atomic E-state index is 12.9. The van der Waals surface area contributed by atoms with Crippen molar-refractivity contribution in [2.24, 2.45) is 11.8 Å². The van der Waals surface area contributed by atoms with Gasteiger partial charge in [-0.1, -0.05) is 0 Å². The summed E-state index contributed by atoms with van der Waals surface area (Å²) in [5.41, 5.74) is 1.21. The van der Waals surface area contributed by atoms with Gasteiger partial charge in [0, 0.05) is 31.9 Å². The molecule has 3 rings (SSSR count). The van der Waals surface area contributed by atoms with Crippen LogP contribution in [0, 0.1) is 18.8 Å². The Balaban J connectivity index is 1.77. The third-order valence-corrected chi connectivity index (χ3v) is 5.45. The molecule has 0 radical (unpaired) electrons. The number of hydrogen-bond acceptors (Lipinski definition) is 4. The van der Waals surface area contributed by atoms with Gasteiger partial charge >= 0.3 is 5.97 Å². The van der Waals surface area contributed by atoms with Crippen molar-refractivity contribution in [1.82, 2.24) is 4.90 Å². The highest BCUT2D eigenvalue weighted by atomic mass is 16.5. The second-order valence-electron chi connectivity index (χ2n) is 6.92. The van der Waals surface area contributed by atoms with E-state index in [9.17, 15) is 14.7 Å². The molecular formula is C19H25NO5. The van der Waals surface area contributed by atoms with Crippen LogP contribution in [0.4, 0.5) is 0 Å². The molecule has 136 valence electrons. The Morgan fingerprint density at radius 2 is 1.88 bits per heavy atom. The van der Waals surface area contributed by atoms with Gasteiger partial charge in [0.05, 0.1) is 7.11 Å². The molecule has 25 heavy (non-hydrogen) atoms. The molecular weight excluding hydrogens is 322 g/mol. The number of carbonyl (C=O) groups excluding carboxylic acids is 1. The lowest BCUT2D eigenvalue weighted by molar-refractivity contribution is 0.0471. The van der Waals surface area contributed by atoms with Gasteiger partial charge in [0.25, 0.3) is 5.91 Å². The smallest absolute Gasteiger partial charge is 0.339 e. The van der Waals surface area contributed by atoms with Crippen molar-refractivity contribution in [3.8, 4) is 5.75 Å². The molecule has 1 aromatic carbocycles. The number of rotatable bonds is 4. The minimum absolute atomic E-state index is 0.0247. The molecule has 2 aliphatic rings. The number of amides is 1. The van der Waals surface area contributed by atoms with Gasteiger partial charge in [-0.2, -0.15) is 0 Å². The Hall–Kier alpha value is -2.08. The van der Waals surface area contributed by atoms with Crippen LogP contribution in [-0.4, -0.2) is 55.3 Å². The Morgan fingerprint density at radius 1 is 1.16 bits per heavy atom. The Labute approximate surface area is 147 Å². The van der Waals surface area contributed by atoms with Crippen LogP contribution in [0.15, 0.2) is 12.1 Å². The lowest BCUT2D eigenvalue weighted by Gasteiger charge is -2.27. The number of carboxylic acid groups (broad SMARTS) is 1. The standard InChI is InChI=1S/C19H25NO5/c1-12-9-17(24-2)16(19(22)23)10-15(12)18(21)20-6-3-14(11-20)13-4-7-25-8-5-13/h9-10,13-14H,3-8,11H2,1-2H3,(H,22,23). The van der Waals surface area contributed by atoms with Crippen LogP contribution in [0.25, 0.3) is 0 Å². The van der Waals surface area contributed by atoms with Crippen molar-refractivity contribution in [3.05, 3.63) is 28.8 Å². The van der Waals surface area contributed by atoms with Crippen LogP contribution < -0.4 is 4.74 Å². The molecule has 1 unspecified atom stereocenters. The average Bonchev–Trinajstić information content (AvgIpc) is 3.11. The van der Waals surface area contributed by atoms with E-state index in [1.165, 1.54) is 13.2 Å². The topological polar surface area (TPSA) is 76.1 Å². The fraction of sp³-hybridized carbons (Fsp3) is 0.579. The largest absolute Gasteiger partial charge is 0.496 e. The molecule has 0 bridgehead atoms.